The number of hydrogen-bond donors (Lipinski definition) is 0. The van der Waals surface area contributed by atoms with E-state index in [1.165, 1.54) is 0 Å². The predicted molar refractivity (Wildman–Crippen MR) is 73.0 cm³/mol. The molecule has 0 aliphatic rings. The monoisotopic (exact) mass is 217 g/mol. The van der Waals surface area contributed by atoms with Crippen LogP contribution in [0.4, 0.5) is 0 Å². The van der Waals surface area contributed by atoms with Gasteiger partial charge in [0.15, 0.2) is 0 Å². The van der Waals surface area contributed by atoms with Crippen LogP contribution in [0.3, 0.4) is 0 Å². The number of rotatable bonds is 4. The Morgan fingerprint density at radius 1 is 1.44 bits per heavy atom. The van der Waals surface area contributed by atoms with E-state index in [-0.39, 0.29) is 5.54 Å². The Labute approximate surface area is 101 Å². The maximum Gasteiger partial charge on any atom is 0.0470 e. The Morgan fingerprint density at radius 2 is 2.00 bits per heavy atom. The molecule has 0 N–H and O–H groups in total. The van der Waals surface area contributed by atoms with Crippen molar-refractivity contribution in [3.8, 4) is 12.3 Å². The van der Waals surface area contributed by atoms with Crippen molar-refractivity contribution in [2.75, 3.05) is 7.05 Å². The van der Waals surface area contributed by atoms with Crippen LogP contribution < -0.4 is 0 Å². The molecule has 0 aliphatic heterocycles. The van der Waals surface area contributed by atoms with E-state index in [0.717, 1.165) is 17.7 Å². The molecule has 16 heavy (non-hydrogen) atoms. The molecule has 0 saturated carbocycles. The van der Waals surface area contributed by atoms with Gasteiger partial charge in [0.2, 0.25) is 0 Å². The number of allylic oxidation sites excluding steroid dienone is 4. The first-order chi connectivity index (χ1) is 7.34. The van der Waals surface area contributed by atoms with Crippen molar-refractivity contribution < 1.29 is 0 Å². The first-order valence-electron chi connectivity index (χ1n) is 5.61. The Kier molecular flexibility index (Phi) is 5.67. The average molecular weight is 217 g/mol. The molecule has 0 saturated heterocycles. The van der Waals surface area contributed by atoms with Gasteiger partial charge in [0.1, 0.15) is 0 Å². The maximum atomic E-state index is 5.50. The van der Waals surface area contributed by atoms with Gasteiger partial charge in [-0.15, -0.1) is 6.42 Å². The van der Waals surface area contributed by atoms with Crippen LogP contribution in [0.2, 0.25) is 0 Å². The van der Waals surface area contributed by atoms with E-state index in [0.29, 0.717) is 0 Å². The van der Waals surface area contributed by atoms with Gasteiger partial charge in [-0.25, -0.2) is 0 Å². The standard InChI is InChI=1S/C15H23N/c1-8-10-11-12-14(9-2)13(3)16(7)15(4,5)6/h2,10-12H,3,8H2,1,4-7H3/b11-10-,14-12+. The van der Waals surface area contributed by atoms with Gasteiger partial charge >= 0.3 is 0 Å². The summed E-state index contributed by atoms with van der Waals surface area (Å²) in [7, 11) is 2.01. The second-order valence-corrected chi connectivity index (χ2v) is 4.74. The van der Waals surface area contributed by atoms with Crippen LogP contribution in [0, 0.1) is 12.3 Å². The lowest BCUT2D eigenvalue weighted by Gasteiger charge is -2.35. The molecule has 0 fully saturated rings. The van der Waals surface area contributed by atoms with E-state index in [2.05, 4.69) is 51.2 Å². The molecule has 0 unspecified atom stereocenters. The second-order valence-electron chi connectivity index (χ2n) is 4.74. The van der Waals surface area contributed by atoms with Crippen molar-refractivity contribution in [2.45, 2.75) is 39.7 Å². The fraction of sp³-hybridized carbons (Fsp3) is 0.467. The average Bonchev–Trinajstić information content (AvgIpc) is 2.21. The van der Waals surface area contributed by atoms with Gasteiger partial charge in [-0.1, -0.05) is 31.6 Å². The van der Waals surface area contributed by atoms with Crippen LogP contribution in [0.5, 0.6) is 0 Å². The SMILES string of the molecule is C#C/C(=C\C=C/CC)C(=C)N(C)C(C)(C)C. The van der Waals surface area contributed by atoms with E-state index in [1.807, 2.05) is 19.2 Å². The first-order valence-corrected chi connectivity index (χ1v) is 5.61. The molecule has 0 spiro atoms. The quantitative estimate of drug-likeness (QED) is 0.512. The zero-order chi connectivity index (χ0) is 12.8. The Bertz CT molecular complexity index is 331. The maximum absolute atomic E-state index is 5.50. The molecule has 1 nitrogen and oxygen atoms in total. The Morgan fingerprint density at radius 3 is 2.38 bits per heavy atom. The predicted octanol–water partition coefficient (Wildman–Crippen LogP) is 3.76. The first kappa shape index (κ1) is 14.6. The van der Waals surface area contributed by atoms with Crippen LogP contribution in [0.15, 0.2) is 36.1 Å². The summed E-state index contributed by atoms with van der Waals surface area (Å²) in [6.07, 6.45) is 12.5. The van der Waals surface area contributed by atoms with Crippen molar-refractivity contribution in [3.05, 3.63) is 36.1 Å². The highest BCUT2D eigenvalue weighted by atomic mass is 15.2. The lowest BCUT2D eigenvalue weighted by molar-refractivity contribution is 0.234. The zero-order valence-corrected chi connectivity index (χ0v) is 11.2. The minimum absolute atomic E-state index is 0.0293. The molecule has 0 aliphatic carbocycles. The van der Waals surface area contributed by atoms with Gasteiger partial charge in [-0.05, 0) is 33.3 Å². The molecule has 0 amide bonds. The molecular formula is C15H23N. The lowest BCUT2D eigenvalue weighted by atomic mass is 10.0. The molecule has 1 heteroatoms. The molecule has 0 aromatic carbocycles. The van der Waals surface area contributed by atoms with E-state index in [4.69, 9.17) is 6.42 Å². The topological polar surface area (TPSA) is 3.24 Å². The third kappa shape index (κ3) is 4.40. The Hall–Kier alpha value is -1.42. The molecular weight excluding hydrogens is 194 g/mol. The molecule has 88 valence electrons. The highest BCUT2D eigenvalue weighted by molar-refractivity contribution is 5.44. The smallest absolute Gasteiger partial charge is 0.0470 e. The van der Waals surface area contributed by atoms with Gasteiger partial charge in [-0.3, -0.25) is 0 Å². The van der Waals surface area contributed by atoms with Crippen molar-refractivity contribution in [2.24, 2.45) is 0 Å². The molecule has 0 rings (SSSR count). The highest BCUT2D eigenvalue weighted by Gasteiger charge is 2.19. The summed E-state index contributed by atoms with van der Waals surface area (Å²) in [5, 5.41) is 0. The van der Waals surface area contributed by atoms with Crippen molar-refractivity contribution >= 4 is 0 Å². The second kappa shape index (κ2) is 6.23. The molecule has 0 atom stereocenters. The molecule has 0 aromatic heterocycles. The van der Waals surface area contributed by atoms with Crippen molar-refractivity contribution in [1.82, 2.24) is 4.90 Å². The summed E-state index contributed by atoms with van der Waals surface area (Å²) in [5.74, 6) is 2.68. The van der Waals surface area contributed by atoms with E-state index < -0.39 is 0 Å². The van der Waals surface area contributed by atoms with Crippen LogP contribution in [-0.4, -0.2) is 17.5 Å². The van der Waals surface area contributed by atoms with E-state index in [1.54, 1.807) is 0 Å². The summed E-state index contributed by atoms with van der Waals surface area (Å²) in [6.45, 7) is 12.5. The summed E-state index contributed by atoms with van der Waals surface area (Å²) >= 11 is 0. The zero-order valence-electron chi connectivity index (χ0n) is 11.2. The fourth-order valence-corrected chi connectivity index (χ4v) is 1.11. The minimum atomic E-state index is 0.0293. The normalized spacial score (nSPS) is 12.6. The third-order valence-electron chi connectivity index (χ3n) is 2.51. The van der Waals surface area contributed by atoms with Crippen molar-refractivity contribution in [1.29, 1.82) is 0 Å². The summed E-state index contributed by atoms with van der Waals surface area (Å²) in [6, 6.07) is 0. The van der Waals surface area contributed by atoms with Crippen LogP contribution in [0.1, 0.15) is 34.1 Å². The number of likely N-dealkylation sites (N-methyl/N-ethyl adjacent to an activating group) is 1. The van der Waals surface area contributed by atoms with Gasteiger partial charge in [0, 0.05) is 23.9 Å². The summed E-state index contributed by atoms with van der Waals surface area (Å²) in [4.78, 5) is 2.10. The Balaban J connectivity index is 4.89. The summed E-state index contributed by atoms with van der Waals surface area (Å²) < 4.78 is 0. The number of nitrogens with zero attached hydrogens (tertiary/aromatic N) is 1. The fourth-order valence-electron chi connectivity index (χ4n) is 1.11. The van der Waals surface area contributed by atoms with E-state index in [9.17, 15) is 0 Å². The van der Waals surface area contributed by atoms with Gasteiger partial charge in [0.05, 0.1) is 0 Å². The van der Waals surface area contributed by atoms with Gasteiger partial charge in [0.25, 0.3) is 0 Å². The van der Waals surface area contributed by atoms with E-state index >= 15 is 0 Å². The lowest BCUT2D eigenvalue weighted by Crippen LogP contribution is -2.37. The van der Waals surface area contributed by atoms with Gasteiger partial charge < -0.3 is 4.90 Å². The molecule has 0 bridgehead atoms. The van der Waals surface area contributed by atoms with Crippen LogP contribution >= 0.6 is 0 Å². The van der Waals surface area contributed by atoms with Crippen LogP contribution in [0.25, 0.3) is 0 Å². The molecule has 0 radical (unpaired) electrons. The summed E-state index contributed by atoms with van der Waals surface area (Å²) in [5.41, 5.74) is 1.75. The third-order valence-corrected chi connectivity index (χ3v) is 2.51. The molecule has 0 heterocycles. The van der Waals surface area contributed by atoms with Crippen LogP contribution in [-0.2, 0) is 0 Å². The highest BCUT2D eigenvalue weighted by Crippen LogP contribution is 2.20. The van der Waals surface area contributed by atoms with Crippen molar-refractivity contribution in [3.63, 3.8) is 0 Å². The number of terminal acetylenes is 1. The van der Waals surface area contributed by atoms with Gasteiger partial charge in [-0.2, -0.15) is 0 Å². The largest absolute Gasteiger partial charge is 0.369 e. The molecule has 0 aromatic rings. The number of hydrogen-bond acceptors (Lipinski definition) is 1. The minimum Gasteiger partial charge on any atom is -0.369 e.